The van der Waals surface area contributed by atoms with Crippen LogP contribution in [0.1, 0.15) is 17.4 Å². The van der Waals surface area contributed by atoms with E-state index in [4.69, 9.17) is 10.5 Å². The molecular weight excluding hydrogens is 216 g/mol. The minimum atomic E-state index is -0.566. The molecule has 2 N–H and O–H groups in total. The molecule has 0 saturated carbocycles. The largest absolute Gasteiger partial charge is 0.461 e. The highest BCUT2D eigenvalue weighted by molar-refractivity contribution is 5.86. The molecule has 84 valence electrons. The lowest BCUT2D eigenvalue weighted by Crippen LogP contribution is -2.04. The standard InChI is InChI=1S/C7H8N6O3/c1-2-15-7(14)4-3-13(12-9-4)6-5(8)10-16-11-6/h3H,2H2,1H3,(H2,8,10). The van der Waals surface area contributed by atoms with E-state index in [2.05, 4.69) is 25.3 Å². The molecule has 0 aromatic carbocycles. The second-order valence-corrected chi connectivity index (χ2v) is 2.74. The number of nitrogens with two attached hydrogens (primary N) is 1. The van der Waals surface area contributed by atoms with Gasteiger partial charge in [0.15, 0.2) is 5.69 Å². The van der Waals surface area contributed by atoms with Crippen LogP contribution in [-0.2, 0) is 4.74 Å². The van der Waals surface area contributed by atoms with Crippen LogP contribution in [0.15, 0.2) is 10.8 Å². The van der Waals surface area contributed by atoms with Crippen LogP contribution >= 0.6 is 0 Å². The molecule has 0 atom stereocenters. The molecule has 0 fully saturated rings. The van der Waals surface area contributed by atoms with Crippen molar-refractivity contribution in [3.8, 4) is 5.82 Å². The lowest BCUT2D eigenvalue weighted by Gasteiger charge is -1.94. The molecule has 9 heteroatoms. The van der Waals surface area contributed by atoms with E-state index >= 15 is 0 Å². The zero-order valence-corrected chi connectivity index (χ0v) is 8.32. The summed E-state index contributed by atoms with van der Waals surface area (Å²) < 4.78 is 10.3. The van der Waals surface area contributed by atoms with E-state index in [1.165, 1.54) is 10.9 Å². The van der Waals surface area contributed by atoms with Gasteiger partial charge in [-0.15, -0.1) is 5.10 Å². The van der Waals surface area contributed by atoms with Crippen LogP contribution in [-0.4, -0.2) is 37.9 Å². The van der Waals surface area contributed by atoms with Gasteiger partial charge < -0.3 is 10.5 Å². The Labute approximate surface area is 89.1 Å². The molecule has 2 rings (SSSR count). The average molecular weight is 224 g/mol. The predicted octanol–water partition coefficient (Wildman–Crippen LogP) is -0.591. The molecule has 0 aliphatic carbocycles. The van der Waals surface area contributed by atoms with Gasteiger partial charge in [-0.1, -0.05) is 5.21 Å². The first-order valence-corrected chi connectivity index (χ1v) is 4.40. The quantitative estimate of drug-likeness (QED) is 0.686. The number of rotatable bonds is 3. The van der Waals surface area contributed by atoms with Crippen LogP contribution in [0, 0.1) is 0 Å². The fraction of sp³-hybridized carbons (Fsp3) is 0.286. The van der Waals surface area contributed by atoms with Crippen molar-refractivity contribution < 1.29 is 14.2 Å². The molecule has 2 heterocycles. The minimum Gasteiger partial charge on any atom is -0.461 e. The van der Waals surface area contributed by atoms with Crippen molar-refractivity contribution in [2.24, 2.45) is 0 Å². The Hall–Kier alpha value is -2.45. The predicted molar refractivity (Wildman–Crippen MR) is 49.6 cm³/mol. The van der Waals surface area contributed by atoms with Crippen LogP contribution in [0.5, 0.6) is 0 Å². The summed E-state index contributed by atoms with van der Waals surface area (Å²) in [7, 11) is 0. The number of esters is 1. The van der Waals surface area contributed by atoms with Crippen LogP contribution in [0.3, 0.4) is 0 Å². The van der Waals surface area contributed by atoms with Gasteiger partial charge in [0, 0.05) is 0 Å². The maximum atomic E-state index is 11.3. The summed E-state index contributed by atoms with van der Waals surface area (Å²) in [6, 6.07) is 0. The summed E-state index contributed by atoms with van der Waals surface area (Å²) >= 11 is 0. The Bertz CT molecular complexity index is 504. The van der Waals surface area contributed by atoms with Crippen molar-refractivity contribution in [3.05, 3.63) is 11.9 Å². The van der Waals surface area contributed by atoms with Crippen LogP contribution in [0.4, 0.5) is 5.82 Å². The fourth-order valence-corrected chi connectivity index (χ4v) is 1.02. The Morgan fingerprint density at radius 1 is 1.62 bits per heavy atom. The Kier molecular flexibility index (Phi) is 2.50. The minimum absolute atomic E-state index is 0.0558. The van der Waals surface area contributed by atoms with Gasteiger partial charge in [-0.25, -0.2) is 9.42 Å². The highest BCUT2D eigenvalue weighted by atomic mass is 16.6. The van der Waals surface area contributed by atoms with Crippen molar-refractivity contribution in [3.63, 3.8) is 0 Å². The number of hydrogen-bond donors (Lipinski definition) is 1. The Morgan fingerprint density at radius 2 is 2.44 bits per heavy atom. The summed E-state index contributed by atoms with van der Waals surface area (Å²) in [6.07, 6.45) is 1.33. The number of nitrogen functional groups attached to an aromatic ring is 1. The average Bonchev–Trinajstić information content (AvgIpc) is 2.86. The third-order valence-corrected chi connectivity index (χ3v) is 1.69. The number of carbonyl (C=O) groups is 1. The van der Waals surface area contributed by atoms with E-state index in [0.717, 1.165) is 0 Å². The smallest absolute Gasteiger partial charge is 0.360 e. The fourth-order valence-electron chi connectivity index (χ4n) is 1.02. The van der Waals surface area contributed by atoms with Crippen molar-refractivity contribution in [2.75, 3.05) is 12.3 Å². The van der Waals surface area contributed by atoms with Crippen LogP contribution < -0.4 is 5.73 Å². The summed E-state index contributed by atoms with van der Waals surface area (Å²) in [5.74, 6) is -0.341. The van der Waals surface area contributed by atoms with E-state index in [1.54, 1.807) is 6.92 Å². The van der Waals surface area contributed by atoms with Gasteiger partial charge in [0.05, 0.1) is 12.8 Å². The third-order valence-electron chi connectivity index (χ3n) is 1.69. The number of anilines is 1. The van der Waals surface area contributed by atoms with Gasteiger partial charge >= 0.3 is 5.97 Å². The van der Waals surface area contributed by atoms with Crippen molar-refractivity contribution in [2.45, 2.75) is 6.92 Å². The molecular formula is C7H8N6O3. The van der Waals surface area contributed by atoms with Gasteiger partial charge in [-0.2, -0.15) is 4.68 Å². The van der Waals surface area contributed by atoms with E-state index < -0.39 is 5.97 Å². The molecule has 0 amide bonds. The first-order valence-electron chi connectivity index (χ1n) is 4.40. The van der Waals surface area contributed by atoms with Crippen molar-refractivity contribution in [1.29, 1.82) is 0 Å². The molecule has 0 unspecified atom stereocenters. The first kappa shape index (κ1) is 10.1. The molecule has 0 aliphatic rings. The Morgan fingerprint density at radius 3 is 3.06 bits per heavy atom. The molecule has 0 radical (unpaired) electrons. The molecule has 0 bridgehead atoms. The molecule has 0 aliphatic heterocycles. The lowest BCUT2D eigenvalue weighted by molar-refractivity contribution is 0.0519. The van der Waals surface area contributed by atoms with E-state index in [0.29, 0.717) is 0 Å². The van der Waals surface area contributed by atoms with Crippen molar-refractivity contribution in [1.82, 2.24) is 25.3 Å². The second kappa shape index (κ2) is 3.96. The number of carbonyl (C=O) groups excluding carboxylic acids is 1. The summed E-state index contributed by atoms with van der Waals surface area (Å²) in [6.45, 7) is 1.96. The van der Waals surface area contributed by atoms with Gasteiger partial charge in [0.25, 0.3) is 0 Å². The van der Waals surface area contributed by atoms with Gasteiger partial charge in [-0.3, -0.25) is 0 Å². The van der Waals surface area contributed by atoms with E-state index in [9.17, 15) is 4.79 Å². The molecule has 2 aromatic heterocycles. The normalized spacial score (nSPS) is 10.3. The summed E-state index contributed by atoms with van der Waals surface area (Å²) in [5, 5.41) is 14.1. The third kappa shape index (κ3) is 1.69. The van der Waals surface area contributed by atoms with Gasteiger partial charge in [0.2, 0.25) is 11.6 Å². The number of ether oxygens (including phenoxy) is 1. The first-order chi connectivity index (χ1) is 7.72. The number of nitrogens with zero attached hydrogens (tertiary/aromatic N) is 5. The number of hydrogen-bond acceptors (Lipinski definition) is 8. The topological polar surface area (TPSA) is 122 Å². The van der Waals surface area contributed by atoms with E-state index in [1.807, 2.05) is 0 Å². The second-order valence-electron chi connectivity index (χ2n) is 2.74. The van der Waals surface area contributed by atoms with Crippen molar-refractivity contribution >= 4 is 11.8 Å². The SMILES string of the molecule is CCOC(=O)c1cn(-c2nonc2N)nn1. The highest BCUT2D eigenvalue weighted by Crippen LogP contribution is 2.10. The molecule has 0 saturated heterocycles. The lowest BCUT2D eigenvalue weighted by atomic mass is 10.5. The highest BCUT2D eigenvalue weighted by Gasteiger charge is 2.15. The molecule has 0 spiro atoms. The maximum absolute atomic E-state index is 11.3. The summed E-state index contributed by atoms with van der Waals surface area (Å²) in [5.41, 5.74) is 5.50. The summed E-state index contributed by atoms with van der Waals surface area (Å²) in [4.78, 5) is 11.3. The number of aromatic nitrogens is 5. The molecule has 16 heavy (non-hydrogen) atoms. The van der Waals surface area contributed by atoms with Crippen LogP contribution in [0.2, 0.25) is 0 Å². The van der Waals surface area contributed by atoms with Gasteiger partial charge in [0.1, 0.15) is 0 Å². The monoisotopic (exact) mass is 224 g/mol. The zero-order chi connectivity index (χ0) is 11.5. The molecule has 2 aromatic rings. The Balaban J connectivity index is 2.26. The maximum Gasteiger partial charge on any atom is 0.360 e. The zero-order valence-electron chi connectivity index (χ0n) is 8.32. The molecule has 9 nitrogen and oxygen atoms in total. The van der Waals surface area contributed by atoms with Gasteiger partial charge in [-0.05, 0) is 17.2 Å². The van der Waals surface area contributed by atoms with E-state index in [-0.39, 0.29) is 23.9 Å². The van der Waals surface area contributed by atoms with Crippen LogP contribution in [0.25, 0.3) is 5.82 Å².